The zero-order valence-corrected chi connectivity index (χ0v) is 12.5. The molecule has 0 aromatic heterocycles. The van der Waals surface area contributed by atoms with Crippen molar-refractivity contribution in [3.8, 4) is 6.07 Å². The van der Waals surface area contributed by atoms with E-state index in [-0.39, 0.29) is 25.2 Å². The predicted molar refractivity (Wildman–Crippen MR) is 78.6 cm³/mol. The smallest absolute Gasteiger partial charge is 0.315 e. The van der Waals surface area contributed by atoms with Crippen molar-refractivity contribution in [2.75, 3.05) is 20.3 Å². The lowest BCUT2D eigenvalue weighted by Crippen LogP contribution is -2.47. The molecule has 1 aromatic carbocycles. The lowest BCUT2D eigenvalue weighted by Gasteiger charge is -2.23. The van der Waals surface area contributed by atoms with Gasteiger partial charge in [-0.3, -0.25) is 0 Å². The molecule has 2 amide bonds. The highest BCUT2D eigenvalue weighted by Crippen LogP contribution is 2.13. The van der Waals surface area contributed by atoms with Gasteiger partial charge >= 0.3 is 6.03 Å². The summed E-state index contributed by atoms with van der Waals surface area (Å²) in [5.41, 5.74) is 0.271. The molecule has 0 fully saturated rings. The lowest BCUT2D eigenvalue weighted by molar-refractivity contribution is -0.0136. The standard InChI is InChI=1S/C15H21N3O3/c1-11(13-6-4-5-12(7-13)8-16)18-14(19)17-9-15(2,20)10-21-3/h4-7,11,20H,9-10H2,1-3H3,(H2,17,18,19). The van der Waals surface area contributed by atoms with E-state index < -0.39 is 5.60 Å². The van der Waals surface area contributed by atoms with Gasteiger partial charge in [0.1, 0.15) is 5.60 Å². The Balaban J connectivity index is 2.52. The third kappa shape index (κ3) is 5.81. The average molecular weight is 291 g/mol. The Bertz CT molecular complexity index is 523. The van der Waals surface area contributed by atoms with Gasteiger partial charge in [0.05, 0.1) is 30.8 Å². The minimum atomic E-state index is -1.12. The maximum Gasteiger partial charge on any atom is 0.315 e. The number of benzene rings is 1. The Morgan fingerprint density at radius 1 is 1.57 bits per heavy atom. The van der Waals surface area contributed by atoms with Crippen LogP contribution in [0.5, 0.6) is 0 Å². The molecule has 6 heteroatoms. The zero-order chi connectivity index (χ0) is 15.9. The molecule has 0 saturated carbocycles. The number of nitriles is 1. The van der Waals surface area contributed by atoms with Crippen molar-refractivity contribution < 1.29 is 14.6 Å². The third-order valence-electron chi connectivity index (χ3n) is 2.95. The summed E-state index contributed by atoms with van der Waals surface area (Å²) in [5.74, 6) is 0. The van der Waals surface area contributed by atoms with Gasteiger partial charge < -0.3 is 20.5 Å². The number of carbonyl (C=O) groups is 1. The molecule has 0 radical (unpaired) electrons. The summed E-state index contributed by atoms with van der Waals surface area (Å²) in [5, 5.41) is 24.1. The number of hydrogen-bond acceptors (Lipinski definition) is 4. The molecule has 2 unspecified atom stereocenters. The third-order valence-corrected chi connectivity index (χ3v) is 2.95. The summed E-state index contributed by atoms with van der Waals surface area (Å²) in [4.78, 5) is 11.8. The first kappa shape index (κ1) is 17.0. The van der Waals surface area contributed by atoms with Gasteiger partial charge in [-0.2, -0.15) is 5.26 Å². The number of rotatable bonds is 6. The molecule has 0 aliphatic carbocycles. The van der Waals surface area contributed by atoms with Crippen molar-refractivity contribution in [2.24, 2.45) is 0 Å². The molecule has 0 aliphatic heterocycles. The predicted octanol–water partition coefficient (Wildman–Crippen LogP) is 1.32. The van der Waals surface area contributed by atoms with Crippen LogP contribution in [-0.4, -0.2) is 37.0 Å². The SMILES string of the molecule is COCC(C)(O)CNC(=O)NC(C)c1cccc(C#N)c1. The maximum absolute atomic E-state index is 11.8. The first-order valence-electron chi connectivity index (χ1n) is 6.63. The van der Waals surface area contributed by atoms with E-state index in [2.05, 4.69) is 16.7 Å². The second-order valence-electron chi connectivity index (χ2n) is 5.22. The van der Waals surface area contributed by atoms with Gasteiger partial charge in [0.15, 0.2) is 0 Å². The highest BCUT2D eigenvalue weighted by Gasteiger charge is 2.21. The lowest BCUT2D eigenvalue weighted by atomic mass is 10.1. The number of nitrogens with one attached hydrogen (secondary N) is 2. The van der Waals surface area contributed by atoms with E-state index in [1.165, 1.54) is 7.11 Å². The number of nitrogens with zero attached hydrogens (tertiary/aromatic N) is 1. The van der Waals surface area contributed by atoms with Crippen LogP contribution in [0.3, 0.4) is 0 Å². The molecule has 114 valence electrons. The monoisotopic (exact) mass is 291 g/mol. The second-order valence-corrected chi connectivity index (χ2v) is 5.22. The number of carbonyl (C=O) groups excluding carboxylic acids is 1. The average Bonchev–Trinajstić information content (AvgIpc) is 2.45. The normalized spacial score (nSPS) is 14.6. The highest BCUT2D eigenvalue weighted by molar-refractivity contribution is 5.74. The molecule has 0 spiro atoms. The largest absolute Gasteiger partial charge is 0.386 e. The highest BCUT2D eigenvalue weighted by atomic mass is 16.5. The summed E-state index contributed by atoms with van der Waals surface area (Å²) in [6.45, 7) is 3.62. The van der Waals surface area contributed by atoms with Crippen LogP contribution in [0.1, 0.15) is 31.0 Å². The first-order chi connectivity index (χ1) is 9.88. The molecule has 3 N–H and O–H groups in total. The van der Waals surface area contributed by atoms with Gasteiger partial charge in [-0.1, -0.05) is 12.1 Å². The fourth-order valence-corrected chi connectivity index (χ4v) is 1.84. The second kappa shape index (κ2) is 7.62. The van der Waals surface area contributed by atoms with Gasteiger partial charge in [-0.15, -0.1) is 0 Å². The molecular formula is C15H21N3O3. The van der Waals surface area contributed by atoms with Crippen molar-refractivity contribution in [3.05, 3.63) is 35.4 Å². The fourth-order valence-electron chi connectivity index (χ4n) is 1.84. The van der Waals surface area contributed by atoms with Crippen LogP contribution in [0.2, 0.25) is 0 Å². The van der Waals surface area contributed by atoms with E-state index in [0.29, 0.717) is 5.56 Å². The van der Waals surface area contributed by atoms with Crippen LogP contribution in [0.4, 0.5) is 4.79 Å². The minimum Gasteiger partial charge on any atom is -0.386 e. The van der Waals surface area contributed by atoms with Gasteiger partial charge in [0.2, 0.25) is 0 Å². The number of ether oxygens (including phenoxy) is 1. The van der Waals surface area contributed by atoms with Gasteiger partial charge in [-0.05, 0) is 31.5 Å². The van der Waals surface area contributed by atoms with E-state index in [1.54, 1.807) is 25.1 Å². The zero-order valence-electron chi connectivity index (χ0n) is 12.5. The van der Waals surface area contributed by atoms with Crippen molar-refractivity contribution >= 4 is 6.03 Å². The maximum atomic E-state index is 11.8. The molecule has 6 nitrogen and oxygen atoms in total. The Morgan fingerprint density at radius 3 is 2.90 bits per heavy atom. The van der Waals surface area contributed by atoms with E-state index >= 15 is 0 Å². The Morgan fingerprint density at radius 2 is 2.29 bits per heavy atom. The molecule has 2 atom stereocenters. The minimum absolute atomic E-state index is 0.0810. The topological polar surface area (TPSA) is 94.4 Å². The number of amides is 2. The van der Waals surface area contributed by atoms with E-state index in [4.69, 9.17) is 10.00 Å². The molecule has 0 saturated heterocycles. The van der Waals surface area contributed by atoms with Crippen LogP contribution in [0.15, 0.2) is 24.3 Å². The van der Waals surface area contributed by atoms with Crippen LogP contribution < -0.4 is 10.6 Å². The van der Waals surface area contributed by atoms with E-state index in [9.17, 15) is 9.90 Å². The van der Waals surface area contributed by atoms with Crippen molar-refractivity contribution in [2.45, 2.75) is 25.5 Å². The van der Waals surface area contributed by atoms with E-state index in [1.807, 2.05) is 13.0 Å². The molecule has 0 heterocycles. The number of methoxy groups -OCH3 is 1. The Kier molecular flexibility index (Phi) is 6.15. The summed E-state index contributed by atoms with van der Waals surface area (Å²) in [7, 11) is 1.48. The van der Waals surface area contributed by atoms with Crippen LogP contribution in [0, 0.1) is 11.3 Å². The summed E-state index contributed by atoms with van der Waals surface area (Å²) in [6.07, 6.45) is 0. The van der Waals surface area contributed by atoms with Crippen molar-refractivity contribution in [1.82, 2.24) is 10.6 Å². The molecule has 0 aliphatic rings. The van der Waals surface area contributed by atoms with E-state index in [0.717, 1.165) is 5.56 Å². The fraction of sp³-hybridized carbons (Fsp3) is 0.467. The van der Waals surface area contributed by atoms with Crippen molar-refractivity contribution in [3.63, 3.8) is 0 Å². The van der Waals surface area contributed by atoms with Crippen LogP contribution in [0.25, 0.3) is 0 Å². The molecule has 0 bridgehead atoms. The Labute approximate surface area is 124 Å². The van der Waals surface area contributed by atoms with Gasteiger partial charge in [0, 0.05) is 7.11 Å². The van der Waals surface area contributed by atoms with Crippen molar-refractivity contribution in [1.29, 1.82) is 5.26 Å². The quantitative estimate of drug-likeness (QED) is 0.736. The van der Waals surface area contributed by atoms with Crippen LogP contribution >= 0.6 is 0 Å². The first-order valence-corrected chi connectivity index (χ1v) is 6.63. The number of urea groups is 1. The molecule has 21 heavy (non-hydrogen) atoms. The summed E-state index contributed by atoms with van der Waals surface area (Å²) in [6, 6.07) is 8.47. The summed E-state index contributed by atoms with van der Waals surface area (Å²) < 4.78 is 4.86. The van der Waals surface area contributed by atoms with Gasteiger partial charge in [-0.25, -0.2) is 4.79 Å². The molecular weight excluding hydrogens is 270 g/mol. The molecule has 1 rings (SSSR count). The molecule has 1 aromatic rings. The number of hydrogen-bond donors (Lipinski definition) is 3. The number of aliphatic hydroxyl groups is 1. The van der Waals surface area contributed by atoms with Gasteiger partial charge in [0.25, 0.3) is 0 Å². The summed E-state index contributed by atoms with van der Waals surface area (Å²) >= 11 is 0. The van der Waals surface area contributed by atoms with Crippen LogP contribution in [-0.2, 0) is 4.74 Å². The Hall–Kier alpha value is -2.10.